The van der Waals surface area contributed by atoms with Crippen molar-refractivity contribution in [1.82, 2.24) is 14.5 Å². The molecule has 16 heavy (non-hydrogen) atoms. The topological polar surface area (TPSA) is 47.1 Å². The van der Waals surface area contributed by atoms with Crippen molar-refractivity contribution in [2.45, 2.75) is 31.8 Å². The van der Waals surface area contributed by atoms with Gasteiger partial charge in [0.05, 0.1) is 12.0 Å². The van der Waals surface area contributed by atoms with E-state index in [1.807, 2.05) is 19.6 Å². The molecule has 2 heterocycles. The van der Waals surface area contributed by atoms with E-state index in [0.717, 1.165) is 13.1 Å². The van der Waals surface area contributed by atoms with Crippen LogP contribution in [0.2, 0.25) is 0 Å². The number of halogens is 1. The lowest BCUT2D eigenvalue weighted by atomic mass is 10.0. The fraction of sp³-hybridized carbons (Fsp3) is 0.727. The fourth-order valence-corrected chi connectivity index (χ4v) is 2.28. The molecule has 0 saturated carbocycles. The molecule has 0 amide bonds. The molecule has 0 aromatic carbocycles. The highest BCUT2D eigenvalue weighted by Gasteiger charge is 2.21. The van der Waals surface area contributed by atoms with E-state index in [1.54, 1.807) is 0 Å². The van der Waals surface area contributed by atoms with E-state index in [1.165, 1.54) is 31.5 Å². The van der Waals surface area contributed by atoms with Crippen LogP contribution in [0, 0.1) is 0 Å². The van der Waals surface area contributed by atoms with Crippen LogP contribution in [0.5, 0.6) is 0 Å². The van der Waals surface area contributed by atoms with Crippen LogP contribution in [-0.4, -0.2) is 33.6 Å². The minimum atomic E-state index is 0. The minimum absolute atomic E-state index is 0. The zero-order valence-corrected chi connectivity index (χ0v) is 10.6. The zero-order valence-electron chi connectivity index (χ0n) is 9.80. The zero-order chi connectivity index (χ0) is 10.7. The second-order valence-corrected chi connectivity index (χ2v) is 4.35. The summed E-state index contributed by atoms with van der Waals surface area (Å²) in [4.78, 5) is 6.63. The van der Waals surface area contributed by atoms with E-state index in [0.29, 0.717) is 6.04 Å². The SMILES string of the molecule is Cl.Cn1cncc1CN1CCCCC1CN. The first-order chi connectivity index (χ1) is 7.31. The van der Waals surface area contributed by atoms with Gasteiger partial charge in [-0.05, 0) is 19.4 Å². The molecule has 5 heteroatoms. The second-order valence-electron chi connectivity index (χ2n) is 4.35. The van der Waals surface area contributed by atoms with Crippen molar-refractivity contribution in [3.05, 3.63) is 18.2 Å². The number of hydrogen-bond acceptors (Lipinski definition) is 3. The molecule has 1 aliphatic rings. The largest absolute Gasteiger partial charge is 0.337 e. The van der Waals surface area contributed by atoms with E-state index in [9.17, 15) is 0 Å². The summed E-state index contributed by atoms with van der Waals surface area (Å²) in [7, 11) is 2.05. The van der Waals surface area contributed by atoms with Gasteiger partial charge in [-0.2, -0.15) is 0 Å². The fourth-order valence-electron chi connectivity index (χ4n) is 2.28. The maximum absolute atomic E-state index is 5.80. The van der Waals surface area contributed by atoms with Crippen LogP contribution in [-0.2, 0) is 13.6 Å². The Bertz CT molecular complexity index is 313. The molecule has 1 saturated heterocycles. The third-order valence-corrected chi connectivity index (χ3v) is 3.30. The van der Waals surface area contributed by atoms with E-state index in [-0.39, 0.29) is 12.4 Å². The number of hydrogen-bond donors (Lipinski definition) is 1. The van der Waals surface area contributed by atoms with Crippen molar-refractivity contribution >= 4 is 12.4 Å². The highest BCUT2D eigenvalue weighted by atomic mass is 35.5. The van der Waals surface area contributed by atoms with Crippen LogP contribution in [0.3, 0.4) is 0 Å². The first-order valence-corrected chi connectivity index (χ1v) is 5.70. The van der Waals surface area contributed by atoms with Gasteiger partial charge in [-0.1, -0.05) is 6.42 Å². The summed E-state index contributed by atoms with van der Waals surface area (Å²) in [6.07, 6.45) is 7.67. The number of rotatable bonds is 3. The molecule has 0 bridgehead atoms. The number of piperidine rings is 1. The molecule has 2 N–H and O–H groups in total. The molecule has 1 aliphatic heterocycles. The molecule has 2 rings (SSSR count). The van der Waals surface area contributed by atoms with E-state index in [2.05, 4.69) is 14.5 Å². The summed E-state index contributed by atoms with van der Waals surface area (Å²) in [6, 6.07) is 0.564. The molecule has 1 unspecified atom stereocenters. The smallest absolute Gasteiger partial charge is 0.0945 e. The Morgan fingerprint density at radius 2 is 2.31 bits per heavy atom. The van der Waals surface area contributed by atoms with E-state index >= 15 is 0 Å². The van der Waals surface area contributed by atoms with Gasteiger partial charge in [-0.15, -0.1) is 12.4 Å². The van der Waals surface area contributed by atoms with Crippen LogP contribution in [0.4, 0.5) is 0 Å². The monoisotopic (exact) mass is 244 g/mol. The summed E-state index contributed by atoms with van der Waals surface area (Å²) < 4.78 is 2.09. The van der Waals surface area contributed by atoms with Crippen molar-refractivity contribution in [1.29, 1.82) is 0 Å². The van der Waals surface area contributed by atoms with Gasteiger partial charge in [0.1, 0.15) is 0 Å². The van der Waals surface area contributed by atoms with Gasteiger partial charge in [-0.25, -0.2) is 4.98 Å². The standard InChI is InChI=1S/C11H20N4.ClH/c1-14-9-13-7-11(14)8-15-5-3-2-4-10(15)6-12;/h7,9-10H,2-6,8,12H2,1H3;1H. The molecule has 0 spiro atoms. The highest BCUT2D eigenvalue weighted by Crippen LogP contribution is 2.18. The van der Waals surface area contributed by atoms with Gasteiger partial charge < -0.3 is 10.3 Å². The van der Waals surface area contributed by atoms with Gasteiger partial charge in [0, 0.05) is 32.4 Å². The van der Waals surface area contributed by atoms with Gasteiger partial charge in [0.15, 0.2) is 0 Å². The number of nitrogens with zero attached hydrogens (tertiary/aromatic N) is 3. The minimum Gasteiger partial charge on any atom is -0.337 e. The van der Waals surface area contributed by atoms with Gasteiger partial charge in [0.2, 0.25) is 0 Å². The summed E-state index contributed by atoms with van der Waals surface area (Å²) in [5.41, 5.74) is 7.07. The average Bonchev–Trinajstić information content (AvgIpc) is 2.65. The first kappa shape index (κ1) is 13.5. The van der Waals surface area contributed by atoms with Gasteiger partial charge in [0.25, 0.3) is 0 Å². The number of likely N-dealkylation sites (tertiary alicyclic amines) is 1. The van der Waals surface area contributed by atoms with E-state index in [4.69, 9.17) is 5.73 Å². The Balaban J connectivity index is 0.00000128. The molecule has 0 aliphatic carbocycles. The lowest BCUT2D eigenvalue weighted by molar-refractivity contribution is 0.142. The molecular formula is C11H21ClN4. The molecule has 1 atom stereocenters. The molecule has 4 nitrogen and oxygen atoms in total. The summed E-state index contributed by atoms with van der Waals surface area (Å²) in [5, 5.41) is 0. The Morgan fingerprint density at radius 1 is 1.50 bits per heavy atom. The number of nitrogens with two attached hydrogens (primary N) is 1. The molecule has 92 valence electrons. The maximum Gasteiger partial charge on any atom is 0.0945 e. The predicted octanol–water partition coefficient (Wildman–Crippen LogP) is 1.16. The number of imidazole rings is 1. The quantitative estimate of drug-likeness (QED) is 0.868. The van der Waals surface area contributed by atoms with E-state index < -0.39 is 0 Å². The Kier molecular flexibility index (Phi) is 5.25. The Labute approximate surface area is 103 Å². The van der Waals surface area contributed by atoms with Crippen LogP contribution < -0.4 is 5.73 Å². The van der Waals surface area contributed by atoms with Crippen molar-refractivity contribution in [3.63, 3.8) is 0 Å². The molecular weight excluding hydrogens is 224 g/mol. The lowest BCUT2D eigenvalue weighted by Gasteiger charge is -2.34. The normalized spacial score (nSPS) is 21.8. The summed E-state index contributed by atoms with van der Waals surface area (Å²) >= 11 is 0. The van der Waals surface area contributed by atoms with Crippen molar-refractivity contribution in [3.8, 4) is 0 Å². The Hall–Kier alpha value is -0.580. The second kappa shape index (κ2) is 6.23. The third kappa shape index (κ3) is 2.97. The first-order valence-electron chi connectivity index (χ1n) is 5.70. The van der Waals surface area contributed by atoms with Crippen molar-refractivity contribution in [2.75, 3.05) is 13.1 Å². The summed E-state index contributed by atoms with van der Waals surface area (Å²) in [6.45, 7) is 2.93. The van der Waals surface area contributed by atoms with Gasteiger partial charge in [-0.3, -0.25) is 4.90 Å². The van der Waals surface area contributed by atoms with Crippen LogP contribution in [0.1, 0.15) is 25.0 Å². The molecule has 1 aromatic rings. The number of aromatic nitrogens is 2. The van der Waals surface area contributed by atoms with Crippen LogP contribution in [0.25, 0.3) is 0 Å². The van der Waals surface area contributed by atoms with Crippen LogP contribution in [0.15, 0.2) is 12.5 Å². The van der Waals surface area contributed by atoms with Crippen LogP contribution >= 0.6 is 12.4 Å². The van der Waals surface area contributed by atoms with Crippen molar-refractivity contribution in [2.24, 2.45) is 12.8 Å². The highest BCUT2D eigenvalue weighted by molar-refractivity contribution is 5.85. The Morgan fingerprint density at radius 3 is 2.94 bits per heavy atom. The molecule has 1 fully saturated rings. The average molecular weight is 245 g/mol. The maximum atomic E-state index is 5.80. The van der Waals surface area contributed by atoms with Gasteiger partial charge >= 0.3 is 0 Å². The third-order valence-electron chi connectivity index (χ3n) is 3.30. The number of aryl methyl sites for hydroxylation is 1. The molecule has 1 aromatic heterocycles. The lowest BCUT2D eigenvalue weighted by Crippen LogP contribution is -2.43. The molecule has 0 radical (unpaired) electrons. The predicted molar refractivity (Wildman–Crippen MR) is 67.6 cm³/mol. The summed E-state index contributed by atoms with van der Waals surface area (Å²) in [5.74, 6) is 0. The van der Waals surface area contributed by atoms with Crippen molar-refractivity contribution < 1.29 is 0 Å².